The number of aryl methyl sites for hydroxylation is 1. The van der Waals surface area contributed by atoms with Crippen molar-refractivity contribution >= 4 is 16.6 Å². The van der Waals surface area contributed by atoms with Crippen molar-refractivity contribution < 1.29 is 4.12 Å². The Morgan fingerprint density at radius 1 is 0.840 bits per heavy atom. The van der Waals surface area contributed by atoms with Crippen LogP contribution in [0.4, 0.5) is 0 Å². The first-order chi connectivity index (χ1) is 11.7. The Hall–Kier alpha value is -1.68. The molecule has 0 spiro atoms. The van der Waals surface area contributed by atoms with E-state index in [-0.39, 0.29) is 0 Å². The monoisotopic (exact) mass is 367 g/mol. The van der Waals surface area contributed by atoms with Gasteiger partial charge in [0, 0.05) is 0 Å². The molecule has 0 heterocycles. The van der Waals surface area contributed by atoms with Crippen molar-refractivity contribution in [3.63, 3.8) is 0 Å². The zero-order chi connectivity index (χ0) is 18.5. The molecule has 0 aliphatic rings. The van der Waals surface area contributed by atoms with E-state index >= 15 is 0 Å². The quantitative estimate of drug-likeness (QED) is 0.545. The molecule has 0 fully saturated rings. The van der Waals surface area contributed by atoms with Gasteiger partial charge in [-0.25, -0.2) is 0 Å². The standard InChI is InChI=1S/C21H29NOSi2/c1-24(2,3)23-25(4,5)16-6-7-18-8-12-20(13-9-18)21-14-10-19(17-22)11-15-21/h8-15H,6-7,16H2,1-5H3. The molecule has 0 saturated heterocycles. The summed E-state index contributed by atoms with van der Waals surface area (Å²) < 4.78 is 6.41. The number of nitriles is 1. The molecule has 0 aliphatic carbocycles. The molecule has 25 heavy (non-hydrogen) atoms. The topological polar surface area (TPSA) is 33.0 Å². The van der Waals surface area contributed by atoms with Crippen LogP contribution in [-0.2, 0) is 10.5 Å². The van der Waals surface area contributed by atoms with E-state index in [2.05, 4.69) is 63.1 Å². The lowest BCUT2D eigenvalue weighted by atomic mass is 10.0. The molecule has 0 atom stereocenters. The van der Waals surface area contributed by atoms with Crippen molar-refractivity contribution in [3.05, 3.63) is 59.7 Å². The lowest BCUT2D eigenvalue weighted by molar-refractivity contribution is 0.544. The van der Waals surface area contributed by atoms with Gasteiger partial charge in [-0.15, -0.1) is 0 Å². The summed E-state index contributed by atoms with van der Waals surface area (Å²) in [5.41, 5.74) is 4.44. The van der Waals surface area contributed by atoms with Gasteiger partial charge in [-0.05, 0) is 80.4 Å². The minimum Gasteiger partial charge on any atom is -0.456 e. The molecule has 2 rings (SSSR count). The van der Waals surface area contributed by atoms with E-state index in [4.69, 9.17) is 9.38 Å². The summed E-state index contributed by atoms with van der Waals surface area (Å²) in [5.74, 6) is 0. The number of hydrogen-bond donors (Lipinski definition) is 0. The number of rotatable bonds is 7. The molecule has 2 nitrogen and oxygen atoms in total. The van der Waals surface area contributed by atoms with Crippen LogP contribution in [0.2, 0.25) is 38.8 Å². The highest BCUT2D eigenvalue weighted by Crippen LogP contribution is 2.23. The third kappa shape index (κ3) is 6.62. The third-order valence-corrected chi connectivity index (χ3v) is 10.3. The molecule has 0 bridgehead atoms. The zero-order valence-corrected chi connectivity index (χ0v) is 18.1. The third-order valence-electron chi connectivity index (χ3n) is 4.13. The summed E-state index contributed by atoms with van der Waals surface area (Å²) in [6, 6.07) is 19.9. The van der Waals surface area contributed by atoms with Crippen LogP contribution < -0.4 is 0 Å². The second kappa shape index (κ2) is 8.14. The summed E-state index contributed by atoms with van der Waals surface area (Å²) in [4.78, 5) is 0. The number of hydrogen-bond acceptors (Lipinski definition) is 2. The van der Waals surface area contributed by atoms with Gasteiger partial charge in [0.1, 0.15) is 0 Å². The van der Waals surface area contributed by atoms with Gasteiger partial charge in [0.25, 0.3) is 0 Å². The molecule has 2 aromatic rings. The fourth-order valence-corrected chi connectivity index (χ4v) is 11.3. The summed E-state index contributed by atoms with van der Waals surface area (Å²) in [6.45, 7) is 11.5. The fraction of sp³-hybridized carbons (Fsp3) is 0.381. The van der Waals surface area contributed by atoms with Crippen molar-refractivity contribution in [1.29, 1.82) is 5.26 Å². The molecule has 132 valence electrons. The van der Waals surface area contributed by atoms with Crippen LogP contribution in [0.3, 0.4) is 0 Å². The first-order valence-electron chi connectivity index (χ1n) is 8.98. The minimum absolute atomic E-state index is 0.702. The van der Waals surface area contributed by atoms with Gasteiger partial charge in [-0.3, -0.25) is 0 Å². The van der Waals surface area contributed by atoms with Gasteiger partial charge in [-0.2, -0.15) is 5.26 Å². The SMILES string of the molecule is C[Si](C)(C)O[Si](C)(C)CCCc1ccc(-c2ccc(C#N)cc2)cc1. The average molecular weight is 368 g/mol. The van der Waals surface area contributed by atoms with Gasteiger partial charge in [0.2, 0.25) is 0 Å². The molecule has 0 N–H and O–H groups in total. The van der Waals surface area contributed by atoms with E-state index in [0.29, 0.717) is 5.56 Å². The predicted octanol–water partition coefficient (Wildman–Crippen LogP) is 6.21. The van der Waals surface area contributed by atoms with E-state index in [1.54, 1.807) is 0 Å². The Labute approximate surface area is 154 Å². The van der Waals surface area contributed by atoms with Crippen molar-refractivity contribution in [2.45, 2.75) is 51.6 Å². The van der Waals surface area contributed by atoms with Crippen LogP contribution in [-0.4, -0.2) is 16.6 Å². The average Bonchev–Trinajstić information content (AvgIpc) is 2.53. The van der Waals surface area contributed by atoms with Crippen molar-refractivity contribution in [2.75, 3.05) is 0 Å². The molecule has 0 amide bonds. The van der Waals surface area contributed by atoms with Gasteiger partial charge >= 0.3 is 0 Å². The molecule has 0 radical (unpaired) electrons. The molecule has 0 unspecified atom stereocenters. The van der Waals surface area contributed by atoms with E-state index in [1.165, 1.54) is 23.6 Å². The van der Waals surface area contributed by atoms with Gasteiger partial charge in [0.05, 0.1) is 11.6 Å². The summed E-state index contributed by atoms with van der Waals surface area (Å²) >= 11 is 0. The van der Waals surface area contributed by atoms with E-state index < -0.39 is 16.6 Å². The minimum atomic E-state index is -1.53. The molecule has 0 saturated carbocycles. The largest absolute Gasteiger partial charge is 0.456 e. The highest BCUT2D eigenvalue weighted by Gasteiger charge is 2.28. The lowest BCUT2D eigenvalue weighted by Crippen LogP contribution is -2.42. The van der Waals surface area contributed by atoms with E-state index in [9.17, 15) is 0 Å². The fourth-order valence-electron chi connectivity index (χ4n) is 3.20. The molecule has 0 aliphatic heterocycles. The molecule has 2 aromatic carbocycles. The van der Waals surface area contributed by atoms with Gasteiger partial charge in [0.15, 0.2) is 16.6 Å². The summed E-state index contributed by atoms with van der Waals surface area (Å²) in [7, 11) is -2.96. The molecule has 0 aromatic heterocycles. The Morgan fingerprint density at radius 2 is 1.36 bits per heavy atom. The Morgan fingerprint density at radius 3 is 1.84 bits per heavy atom. The van der Waals surface area contributed by atoms with Gasteiger partial charge in [-0.1, -0.05) is 36.4 Å². The summed E-state index contributed by atoms with van der Waals surface area (Å²) in [5, 5.41) is 8.88. The van der Waals surface area contributed by atoms with E-state index in [1.807, 2.05) is 24.3 Å². The lowest BCUT2D eigenvalue weighted by Gasteiger charge is -2.31. The number of benzene rings is 2. The Kier molecular flexibility index (Phi) is 6.39. The van der Waals surface area contributed by atoms with Crippen molar-refractivity contribution in [2.24, 2.45) is 0 Å². The van der Waals surface area contributed by atoms with E-state index in [0.717, 1.165) is 12.0 Å². The highest BCUT2D eigenvalue weighted by molar-refractivity contribution is 6.84. The first-order valence-corrected chi connectivity index (χ1v) is 15.5. The Balaban J connectivity index is 1.91. The molecular formula is C21H29NOSi2. The maximum atomic E-state index is 8.88. The maximum Gasteiger partial charge on any atom is 0.173 e. The van der Waals surface area contributed by atoms with Crippen LogP contribution >= 0.6 is 0 Å². The van der Waals surface area contributed by atoms with Crippen LogP contribution in [0.25, 0.3) is 11.1 Å². The Bertz CT molecular complexity index is 722. The molecular weight excluding hydrogens is 338 g/mol. The normalized spacial score (nSPS) is 12.0. The highest BCUT2D eigenvalue weighted by atomic mass is 28.4. The van der Waals surface area contributed by atoms with Crippen LogP contribution in [0, 0.1) is 11.3 Å². The second-order valence-corrected chi connectivity index (χ2v) is 17.3. The smallest absolute Gasteiger partial charge is 0.173 e. The number of nitrogens with zero attached hydrogens (tertiary/aromatic N) is 1. The maximum absolute atomic E-state index is 8.88. The van der Waals surface area contributed by atoms with Crippen molar-refractivity contribution in [3.8, 4) is 17.2 Å². The van der Waals surface area contributed by atoms with Crippen LogP contribution in [0.5, 0.6) is 0 Å². The molecule has 4 heteroatoms. The van der Waals surface area contributed by atoms with Crippen LogP contribution in [0.1, 0.15) is 17.5 Å². The zero-order valence-electron chi connectivity index (χ0n) is 16.1. The first kappa shape index (κ1) is 19.6. The van der Waals surface area contributed by atoms with Gasteiger partial charge < -0.3 is 4.12 Å². The van der Waals surface area contributed by atoms with Crippen LogP contribution in [0.15, 0.2) is 48.5 Å². The second-order valence-electron chi connectivity index (χ2n) is 8.21. The summed E-state index contributed by atoms with van der Waals surface area (Å²) in [6.07, 6.45) is 2.30. The predicted molar refractivity (Wildman–Crippen MR) is 112 cm³/mol. The van der Waals surface area contributed by atoms with Crippen molar-refractivity contribution in [1.82, 2.24) is 0 Å².